The number of aromatic nitrogens is 2. The van der Waals surface area contributed by atoms with E-state index in [0.29, 0.717) is 5.56 Å². The lowest BCUT2D eigenvalue weighted by atomic mass is 10.2. The molecule has 0 bridgehead atoms. The number of hydrogen-bond donors (Lipinski definition) is 2. The van der Waals surface area contributed by atoms with Crippen LogP contribution in [0.3, 0.4) is 0 Å². The van der Waals surface area contributed by atoms with Crippen molar-refractivity contribution in [1.29, 1.82) is 0 Å². The molecule has 0 unspecified atom stereocenters. The predicted molar refractivity (Wildman–Crippen MR) is 88.4 cm³/mol. The van der Waals surface area contributed by atoms with E-state index in [-0.39, 0.29) is 22.3 Å². The fourth-order valence-electron chi connectivity index (χ4n) is 2.19. The van der Waals surface area contributed by atoms with Gasteiger partial charge in [-0.1, -0.05) is 16.8 Å². The Labute approximate surface area is 151 Å². The third-order valence-electron chi connectivity index (χ3n) is 3.51. The van der Waals surface area contributed by atoms with Crippen LogP contribution in [0.5, 0.6) is 0 Å². The van der Waals surface area contributed by atoms with E-state index in [9.17, 15) is 18.7 Å². The highest BCUT2D eigenvalue weighted by molar-refractivity contribution is 6.33. The van der Waals surface area contributed by atoms with Gasteiger partial charge in [-0.3, -0.25) is 4.79 Å². The van der Waals surface area contributed by atoms with Gasteiger partial charge in [0.25, 0.3) is 11.8 Å². The number of amides is 1. The Morgan fingerprint density at radius 3 is 2.54 bits per heavy atom. The molecule has 0 spiro atoms. The Bertz CT molecular complexity index is 931. The highest BCUT2D eigenvalue weighted by atomic mass is 35.5. The second kappa shape index (κ2) is 7.59. The van der Waals surface area contributed by atoms with Crippen LogP contribution in [-0.2, 0) is 0 Å². The van der Waals surface area contributed by atoms with Crippen LogP contribution >= 0.6 is 11.6 Å². The predicted octanol–water partition coefficient (Wildman–Crippen LogP) is 3.13. The standard InChI is InChI=1S/C17H12ClF2N3O3/c18-13-7-11(20)5-6-12(13)15-22-17(26-23-15)14(8-24)21-16(25)9-1-3-10(19)4-2-9/h1-7,14,24H,8H2,(H,21,25)/t14-/m0/s1. The maximum atomic E-state index is 13.1. The molecule has 3 rings (SSSR count). The van der Waals surface area contributed by atoms with E-state index in [1.54, 1.807) is 0 Å². The number of hydrogen-bond acceptors (Lipinski definition) is 5. The van der Waals surface area contributed by atoms with Crippen molar-refractivity contribution in [3.8, 4) is 11.4 Å². The Kier molecular flexibility index (Phi) is 5.24. The molecule has 0 radical (unpaired) electrons. The van der Waals surface area contributed by atoms with Gasteiger partial charge in [-0.2, -0.15) is 4.98 Å². The van der Waals surface area contributed by atoms with Gasteiger partial charge in [0.1, 0.15) is 17.7 Å². The maximum Gasteiger partial charge on any atom is 0.251 e. The highest BCUT2D eigenvalue weighted by Gasteiger charge is 2.22. The van der Waals surface area contributed by atoms with Crippen LogP contribution in [0.15, 0.2) is 47.0 Å². The molecule has 0 saturated carbocycles. The van der Waals surface area contributed by atoms with Gasteiger partial charge in [0, 0.05) is 11.1 Å². The van der Waals surface area contributed by atoms with Crippen LogP contribution in [0.4, 0.5) is 8.78 Å². The fourth-order valence-corrected chi connectivity index (χ4v) is 2.44. The molecule has 2 aromatic carbocycles. The zero-order chi connectivity index (χ0) is 18.7. The number of nitrogens with one attached hydrogen (secondary N) is 1. The van der Waals surface area contributed by atoms with E-state index >= 15 is 0 Å². The van der Waals surface area contributed by atoms with Crippen molar-refractivity contribution in [3.63, 3.8) is 0 Å². The molecule has 0 aliphatic rings. The smallest absolute Gasteiger partial charge is 0.251 e. The summed E-state index contributed by atoms with van der Waals surface area (Å²) >= 11 is 5.95. The van der Waals surface area contributed by atoms with Gasteiger partial charge in [-0.05, 0) is 42.5 Å². The summed E-state index contributed by atoms with van der Waals surface area (Å²) in [4.78, 5) is 16.3. The number of carbonyl (C=O) groups excluding carboxylic acids is 1. The summed E-state index contributed by atoms with van der Waals surface area (Å²) in [5.41, 5.74) is 0.538. The summed E-state index contributed by atoms with van der Waals surface area (Å²) in [7, 11) is 0. The average molecular weight is 380 g/mol. The molecule has 0 saturated heterocycles. The number of rotatable bonds is 5. The zero-order valence-electron chi connectivity index (χ0n) is 13.1. The molecule has 0 aliphatic heterocycles. The van der Waals surface area contributed by atoms with Crippen LogP contribution in [0, 0.1) is 11.6 Å². The lowest BCUT2D eigenvalue weighted by Gasteiger charge is -2.12. The summed E-state index contributed by atoms with van der Waals surface area (Å²) in [6.45, 7) is -0.508. The van der Waals surface area contributed by atoms with Crippen molar-refractivity contribution in [3.05, 3.63) is 70.6 Å². The third kappa shape index (κ3) is 3.87. The summed E-state index contributed by atoms with van der Waals surface area (Å²) in [6, 6.07) is 7.59. The summed E-state index contributed by atoms with van der Waals surface area (Å²) in [6.07, 6.45) is 0. The van der Waals surface area contributed by atoms with E-state index in [1.807, 2.05) is 0 Å². The second-order valence-corrected chi connectivity index (χ2v) is 5.70. The van der Waals surface area contributed by atoms with Crippen LogP contribution < -0.4 is 5.32 Å². The minimum Gasteiger partial charge on any atom is -0.394 e. The molecule has 26 heavy (non-hydrogen) atoms. The van der Waals surface area contributed by atoms with E-state index in [0.717, 1.165) is 18.2 Å². The molecule has 3 aromatic rings. The molecule has 6 nitrogen and oxygen atoms in total. The van der Waals surface area contributed by atoms with Crippen molar-refractivity contribution in [1.82, 2.24) is 15.5 Å². The molecule has 1 heterocycles. The van der Waals surface area contributed by atoms with Gasteiger partial charge in [0.05, 0.1) is 11.6 Å². The number of aliphatic hydroxyl groups is 1. The van der Waals surface area contributed by atoms with E-state index in [2.05, 4.69) is 15.5 Å². The molecular weight excluding hydrogens is 368 g/mol. The minimum atomic E-state index is -0.979. The molecule has 1 aromatic heterocycles. The monoisotopic (exact) mass is 379 g/mol. The van der Waals surface area contributed by atoms with Crippen molar-refractivity contribution in [2.75, 3.05) is 6.61 Å². The summed E-state index contributed by atoms with van der Waals surface area (Å²) < 4.78 is 31.1. The Balaban J connectivity index is 1.79. The third-order valence-corrected chi connectivity index (χ3v) is 3.82. The number of carbonyl (C=O) groups is 1. The lowest BCUT2D eigenvalue weighted by molar-refractivity contribution is 0.0901. The molecule has 1 atom stereocenters. The quantitative estimate of drug-likeness (QED) is 0.711. The molecule has 1 amide bonds. The number of nitrogens with zero attached hydrogens (tertiary/aromatic N) is 2. The van der Waals surface area contributed by atoms with Gasteiger partial charge >= 0.3 is 0 Å². The summed E-state index contributed by atoms with van der Waals surface area (Å²) in [5.74, 6) is -1.51. The normalized spacial score (nSPS) is 12.0. The first-order valence-electron chi connectivity index (χ1n) is 7.44. The largest absolute Gasteiger partial charge is 0.394 e. The van der Waals surface area contributed by atoms with Crippen molar-refractivity contribution >= 4 is 17.5 Å². The second-order valence-electron chi connectivity index (χ2n) is 5.30. The average Bonchev–Trinajstić information content (AvgIpc) is 3.09. The summed E-state index contributed by atoms with van der Waals surface area (Å²) in [5, 5.41) is 15.8. The van der Waals surface area contributed by atoms with Gasteiger partial charge in [0.2, 0.25) is 5.82 Å². The van der Waals surface area contributed by atoms with Crippen LogP contribution in [0.25, 0.3) is 11.4 Å². The number of benzene rings is 2. The fraction of sp³-hybridized carbons (Fsp3) is 0.118. The number of halogens is 3. The Morgan fingerprint density at radius 1 is 1.19 bits per heavy atom. The van der Waals surface area contributed by atoms with Gasteiger partial charge in [-0.15, -0.1) is 0 Å². The molecule has 0 aliphatic carbocycles. The Morgan fingerprint density at radius 2 is 1.88 bits per heavy atom. The first-order valence-corrected chi connectivity index (χ1v) is 7.82. The Hall–Kier alpha value is -2.84. The first kappa shape index (κ1) is 18.0. The molecule has 0 fully saturated rings. The van der Waals surface area contributed by atoms with Crippen LogP contribution in [0.2, 0.25) is 5.02 Å². The SMILES string of the molecule is O=C(N[C@@H](CO)c1nc(-c2ccc(F)cc2Cl)no1)c1ccc(F)cc1. The van der Waals surface area contributed by atoms with E-state index in [1.165, 1.54) is 24.3 Å². The minimum absolute atomic E-state index is 0.0571. The molecule has 9 heteroatoms. The lowest BCUT2D eigenvalue weighted by Crippen LogP contribution is -2.31. The zero-order valence-corrected chi connectivity index (χ0v) is 13.9. The van der Waals surface area contributed by atoms with Crippen LogP contribution in [-0.4, -0.2) is 27.8 Å². The topological polar surface area (TPSA) is 88.2 Å². The molecule has 134 valence electrons. The maximum absolute atomic E-state index is 13.1. The van der Waals surface area contributed by atoms with E-state index in [4.69, 9.17) is 16.1 Å². The van der Waals surface area contributed by atoms with Gasteiger partial charge in [0.15, 0.2) is 0 Å². The van der Waals surface area contributed by atoms with E-state index < -0.39 is 30.2 Å². The van der Waals surface area contributed by atoms with Crippen molar-refractivity contribution in [2.24, 2.45) is 0 Å². The number of aliphatic hydroxyl groups excluding tert-OH is 1. The highest BCUT2D eigenvalue weighted by Crippen LogP contribution is 2.27. The van der Waals surface area contributed by atoms with Crippen molar-refractivity contribution in [2.45, 2.75) is 6.04 Å². The van der Waals surface area contributed by atoms with Gasteiger partial charge in [-0.25, -0.2) is 8.78 Å². The van der Waals surface area contributed by atoms with Crippen molar-refractivity contribution < 1.29 is 23.2 Å². The first-order chi connectivity index (χ1) is 12.5. The van der Waals surface area contributed by atoms with Gasteiger partial charge < -0.3 is 14.9 Å². The van der Waals surface area contributed by atoms with Crippen LogP contribution in [0.1, 0.15) is 22.3 Å². The molecular formula is C17H12ClF2N3O3. The molecule has 2 N–H and O–H groups in total.